The van der Waals surface area contributed by atoms with Crippen LogP contribution in [0, 0.1) is 11.3 Å². The Bertz CT molecular complexity index is 710. The summed E-state index contributed by atoms with van der Waals surface area (Å²) in [6, 6.07) is 20.8. The van der Waals surface area contributed by atoms with Crippen LogP contribution in [0.5, 0.6) is 0 Å². The first-order valence-electron chi connectivity index (χ1n) is 6.85. The van der Waals surface area contributed by atoms with Gasteiger partial charge in [0.05, 0.1) is 0 Å². The summed E-state index contributed by atoms with van der Waals surface area (Å²) in [6.45, 7) is 0.127. The summed E-state index contributed by atoms with van der Waals surface area (Å²) in [6.07, 6.45) is 5.12. The van der Waals surface area contributed by atoms with Crippen LogP contribution >= 0.6 is 0 Å². The maximum Gasteiger partial charge on any atom is 0.349 e. The summed E-state index contributed by atoms with van der Waals surface area (Å²) >= 11 is 0. The fraction of sp³-hybridized carbons (Fsp3) is 0.0526. The molecule has 0 amide bonds. The topological polar surface area (TPSA) is 50.1 Å². The first-order valence-corrected chi connectivity index (χ1v) is 6.85. The van der Waals surface area contributed by atoms with Gasteiger partial charge in [0, 0.05) is 0 Å². The fourth-order valence-electron chi connectivity index (χ4n) is 1.80. The minimum Gasteiger partial charge on any atom is -0.457 e. The second-order valence-corrected chi connectivity index (χ2v) is 4.49. The predicted molar refractivity (Wildman–Crippen MR) is 86.5 cm³/mol. The number of carbonyl (C=O) groups is 1. The van der Waals surface area contributed by atoms with Crippen molar-refractivity contribution in [2.45, 2.75) is 0 Å². The molecule has 0 aliphatic carbocycles. The van der Waals surface area contributed by atoms with Crippen molar-refractivity contribution in [3.05, 3.63) is 83.4 Å². The van der Waals surface area contributed by atoms with Crippen LogP contribution in [0.15, 0.2) is 72.3 Å². The summed E-state index contributed by atoms with van der Waals surface area (Å²) in [4.78, 5) is 11.8. The predicted octanol–water partition coefficient (Wildman–Crippen LogP) is 3.85. The van der Waals surface area contributed by atoms with Gasteiger partial charge in [-0.1, -0.05) is 66.7 Å². The Morgan fingerprint density at radius 1 is 1.00 bits per heavy atom. The molecule has 0 heterocycles. The maximum atomic E-state index is 11.8. The molecule has 0 aliphatic rings. The number of nitriles is 1. The number of carbonyl (C=O) groups excluding carboxylic acids is 1. The zero-order valence-electron chi connectivity index (χ0n) is 12.0. The highest BCUT2D eigenvalue weighted by atomic mass is 16.5. The van der Waals surface area contributed by atoms with E-state index in [1.54, 1.807) is 6.08 Å². The standard InChI is InChI=1S/C19H15NO2/c20-15-18(14-17-10-5-2-6-11-17)19(21)22-13-7-12-16-8-3-1-4-9-16/h1-12,14H,13H2/b12-7+,18-14-. The van der Waals surface area contributed by atoms with Gasteiger partial charge < -0.3 is 4.74 Å². The summed E-state index contributed by atoms with van der Waals surface area (Å²) in [5.74, 6) is -0.621. The van der Waals surface area contributed by atoms with Gasteiger partial charge in [-0.05, 0) is 23.3 Å². The molecular weight excluding hydrogens is 274 g/mol. The molecule has 0 radical (unpaired) electrons. The zero-order valence-corrected chi connectivity index (χ0v) is 12.0. The highest BCUT2D eigenvalue weighted by molar-refractivity contribution is 5.97. The SMILES string of the molecule is N#C/C(=C/c1ccccc1)C(=O)OC/C=C/c1ccccc1. The fourth-order valence-corrected chi connectivity index (χ4v) is 1.80. The molecular formula is C19H15NO2. The molecule has 0 saturated carbocycles. The van der Waals surface area contributed by atoms with Crippen molar-refractivity contribution in [1.29, 1.82) is 5.26 Å². The third kappa shape index (κ3) is 4.77. The number of benzene rings is 2. The molecule has 2 rings (SSSR count). The van der Waals surface area contributed by atoms with Crippen molar-refractivity contribution in [3.8, 4) is 6.07 Å². The van der Waals surface area contributed by atoms with Crippen LogP contribution in [-0.4, -0.2) is 12.6 Å². The molecule has 3 nitrogen and oxygen atoms in total. The Hall–Kier alpha value is -3.12. The van der Waals surface area contributed by atoms with Crippen molar-refractivity contribution in [3.63, 3.8) is 0 Å². The number of esters is 1. The number of hydrogen-bond acceptors (Lipinski definition) is 3. The van der Waals surface area contributed by atoms with Crippen molar-refractivity contribution in [2.75, 3.05) is 6.61 Å². The van der Waals surface area contributed by atoms with E-state index in [2.05, 4.69) is 0 Å². The molecule has 2 aromatic carbocycles. The normalized spacial score (nSPS) is 11.1. The van der Waals surface area contributed by atoms with Gasteiger partial charge in [0.2, 0.25) is 0 Å². The molecule has 108 valence electrons. The molecule has 2 aromatic rings. The molecule has 0 aromatic heterocycles. The zero-order chi connectivity index (χ0) is 15.6. The van der Waals surface area contributed by atoms with Gasteiger partial charge in [-0.25, -0.2) is 4.79 Å². The van der Waals surface area contributed by atoms with Crippen LogP contribution in [0.4, 0.5) is 0 Å². The highest BCUT2D eigenvalue weighted by Crippen LogP contribution is 2.08. The van der Waals surface area contributed by atoms with Gasteiger partial charge in [-0.2, -0.15) is 5.26 Å². The van der Waals surface area contributed by atoms with Crippen LogP contribution in [0.2, 0.25) is 0 Å². The van der Waals surface area contributed by atoms with Crippen LogP contribution in [0.3, 0.4) is 0 Å². The Labute approximate surface area is 129 Å². The first kappa shape index (κ1) is 15.3. The Kier molecular flexibility index (Phi) is 5.71. The minimum absolute atomic E-state index is 0.0145. The van der Waals surface area contributed by atoms with E-state index < -0.39 is 5.97 Å². The van der Waals surface area contributed by atoms with Crippen LogP contribution in [0.25, 0.3) is 12.2 Å². The van der Waals surface area contributed by atoms with Gasteiger partial charge in [0.25, 0.3) is 0 Å². The smallest absolute Gasteiger partial charge is 0.349 e. The van der Waals surface area contributed by atoms with Crippen molar-refractivity contribution in [1.82, 2.24) is 0 Å². The molecule has 0 atom stereocenters. The van der Waals surface area contributed by atoms with E-state index in [9.17, 15) is 4.79 Å². The summed E-state index contributed by atoms with van der Waals surface area (Å²) in [5, 5.41) is 9.06. The molecule has 0 saturated heterocycles. The van der Waals surface area contributed by atoms with Crippen LogP contribution in [0.1, 0.15) is 11.1 Å². The molecule has 0 bridgehead atoms. The van der Waals surface area contributed by atoms with Crippen LogP contribution < -0.4 is 0 Å². The van der Waals surface area contributed by atoms with E-state index in [1.165, 1.54) is 6.08 Å². The lowest BCUT2D eigenvalue weighted by Gasteiger charge is -2.00. The Morgan fingerprint density at radius 3 is 2.18 bits per heavy atom. The molecule has 0 fully saturated rings. The average Bonchev–Trinajstić information content (AvgIpc) is 2.58. The van der Waals surface area contributed by atoms with Crippen molar-refractivity contribution >= 4 is 18.1 Å². The van der Waals surface area contributed by atoms with Gasteiger partial charge >= 0.3 is 5.97 Å². The number of rotatable bonds is 5. The minimum atomic E-state index is -0.621. The van der Waals surface area contributed by atoms with Gasteiger partial charge in [-0.3, -0.25) is 0 Å². The van der Waals surface area contributed by atoms with Crippen molar-refractivity contribution in [2.24, 2.45) is 0 Å². The molecule has 0 aliphatic heterocycles. The second kappa shape index (κ2) is 8.23. The summed E-state index contributed by atoms with van der Waals surface area (Å²) in [7, 11) is 0. The largest absolute Gasteiger partial charge is 0.457 e. The van der Waals surface area contributed by atoms with Gasteiger partial charge in [-0.15, -0.1) is 0 Å². The molecule has 0 N–H and O–H groups in total. The highest BCUT2D eigenvalue weighted by Gasteiger charge is 2.09. The molecule has 0 unspecified atom stereocenters. The number of nitrogens with zero attached hydrogens (tertiary/aromatic N) is 1. The monoisotopic (exact) mass is 289 g/mol. The first-order chi connectivity index (χ1) is 10.8. The van der Waals surface area contributed by atoms with E-state index >= 15 is 0 Å². The summed E-state index contributed by atoms with van der Waals surface area (Å²) < 4.78 is 5.07. The second-order valence-electron chi connectivity index (χ2n) is 4.49. The van der Waals surface area contributed by atoms with Crippen LogP contribution in [-0.2, 0) is 9.53 Å². The molecule has 3 heteroatoms. The lowest BCUT2D eigenvalue weighted by Crippen LogP contribution is -2.06. The van der Waals surface area contributed by atoms with E-state index in [0.717, 1.165) is 11.1 Å². The lowest BCUT2D eigenvalue weighted by atomic mass is 10.1. The van der Waals surface area contributed by atoms with E-state index in [0.29, 0.717) is 0 Å². The number of ether oxygens (including phenoxy) is 1. The van der Waals surface area contributed by atoms with Gasteiger partial charge in [0.15, 0.2) is 0 Å². The quantitative estimate of drug-likeness (QED) is 0.477. The maximum absolute atomic E-state index is 11.8. The third-order valence-corrected chi connectivity index (χ3v) is 2.87. The van der Waals surface area contributed by atoms with Crippen molar-refractivity contribution < 1.29 is 9.53 Å². The number of hydrogen-bond donors (Lipinski definition) is 0. The van der Waals surface area contributed by atoms with Gasteiger partial charge in [0.1, 0.15) is 18.2 Å². The Balaban J connectivity index is 1.92. The lowest BCUT2D eigenvalue weighted by molar-refractivity contribution is -0.137. The molecule has 0 spiro atoms. The van der Waals surface area contributed by atoms with E-state index in [4.69, 9.17) is 10.00 Å². The van der Waals surface area contributed by atoms with E-state index in [-0.39, 0.29) is 12.2 Å². The third-order valence-electron chi connectivity index (χ3n) is 2.87. The summed E-state index contributed by atoms with van der Waals surface area (Å²) in [5.41, 5.74) is 1.80. The Morgan fingerprint density at radius 2 is 1.59 bits per heavy atom. The van der Waals surface area contributed by atoms with E-state index in [1.807, 2.05) is 72.8 Å². The molecule has 22 heavy (non-hydrogen) atoms. The average molecular weight is 289 g/mol.